The van der Waals surface area contributed by atoms with Crippen LogP contribution in [-0.4, -0.2) is 40.7 Å². The lowest BCUT2D eigenvalue weighted by molar-refractivity contribution is -0.143. The van der Waals surface area contributed by atoms with Crippen LogP contribution in [-0.2, 0) is 16.1 Å². The van der Waals surface area contributed by atoms with Crippen molar-refractivity contribution in [3.05, 3.63) is 34.8 Å². The number of oxazole rings is 1. The Hall–Kier alpha value is -2.08. The first-order valence-electron chi connectivity index (χ1n) is 8.05. The topological polar surface area (TPSA) is 64.7 Å². The first-order chi connectivity index (χ1) is 11.1. The molecule has 0 aliphatic carbocycles. The summed E-state index contributed by atoms with van der Waals surface area (Å²) in [5.74, 6) is -0.250. The molecule has 1 aromatic carbocycles. The quantitative estimate of drug-likeness (QED) is 0.865. The number of carbonyl (C=O) groups is 1. The van der Waals surface area contributed by atoms with Crippen molar-refractivity contribution >= 4 is 17.0 Å². The molecule has 3 rings (SSSR count). The molecule has 0 saturated carbocycles. The fraction of sp³-hybridized carbons (Fsp3) is 0.529. The molecule has 1 saturated heterocycles. The van der Waals surface area contributed by atoms with Gasteiger partial charge in [-0.1, -0.05) is 12.1 Å². The molecule has 1 aliphatic rings. The van der Waals surface area contributed by atoms with Crippen molar-refractivity contribution in [3.63, 3.8) is 0 Å². The van der Waals surface area contributed by atoms with Crippen LogP contribution in [0.15, 0.2) is 33.5 Å². The zero-order valence-corrected chi connectivity index (χ0v) is 13.5. The number of morpholine rings is 1. The fourth-order valence-corrected chi connectivity index (χ4v) is 3.01. The van der Waals surface area contributed by atoms with Gasteiger partial charge in [-0.05, 0) is 32.4 Å². The van der Waals surface area contributed by atoms with Gasteiger partial charge in [0, 0.05) is 19.5 Å². The zero-order valence-electron chi connectivity index (χ0n) is 13.5. The molecular formula is C17H22N2O4. The Kier molecular flexibility index (Phi) is 4.52. The molecule has 1 aliphatic heterocycles. The van der Waals surface area contributed by atoms with Gasteiger partial charge in [-0.25, -0.2) is 4.79 Å². The number of amides is 1. The standard InChI is InChI=1S/C17H22N2O4/c1-12-11-22-13(2)10-19(12)16(20)8-5-9-18-14-6-3-4-7-15(14)23-17(18)21/h3-4,6-7,12-13H,5,8-11H2,1-2H3. The number of para-hydroxylation sites is 2. The molecule has 6 heteroatoms. The van der Waals surface area contributed by atoms with E-state index in [2.05, 4.69) is 0 Å². The average molecular weight is 318 g/mol. The van der Waals surface area contributed by atoms with Gasteiger partial charge < -0.3 is 14.1 Å². The van der Waals surface area contributed by atoms with Crippen molar-refractivity contribution in [1.29, 1.82) is 0 Å². The van der Waals surface area contributed by atoms with Crippen molar-refractivity contribution in [2.45, 2.75) is 45.4 Å². The second kappa shape index (κ2) is 6.58. The Morgan fingerprint density at radius 3 is 2.91 bits per heavy atom. The van der Waals surface area contributed by atoms with E-state index in [9.17, 15) is 9.59 Å². The van der Waals surface area contributed by atoms with E-state index < -0.39 is 0 Å². The molecule has 124 valence electrons. The minimum atomic E-state index is -0.369. The summed E-state index contributed by atoms with van der Waals surface area (Å²) in [6.07, 6.45) is 1.11. The van der Waals surface area contributed by atoms with Crippen LogP contribution in [0, 0.1) is 0 Å². The van der Waals surface area contributed by atoms with Crippen molar-refractivity contribution in [3.8, 4) is 0 Å². The van der Waals surface area contributed by atoms with Crippen molar-refractivity contribution in [1.82, 2.24) is 9.47 Å². The van der Waals surface area contributed by atoms with Crippen LogP contribution in [0.1, 0.15) is 26.7 Å². The van der Waals surface area contributed by atoms with Gasteiger partial charge in [0.2, 0.25) is 5.91 Å². The Bertz CT molecular complexity index is 748. The van der Waals surface area contributed by atoms with Crippen LogP contribution in [0.3, 0.4) is 0 Å². The number of hydrogen-bond donors (Lipinski definition) is 0. The SMILES string of the molecule is CC1CN(C(=O)CCCn2c(=O)oc3ccccc32)C(C)CO1. The van der Waals surface area contributed by atoms with Gasteiger partial charge >= 0.3 is 5.76 Å². The minimum Gasteiger partial charge on any atom is -0.408 e. The van der Waals surface area contributed by atoms with Crippen LogP contribution in [0.25, 0.3) is 11.1 Å². The average Bonchev–Trinajstić information content (AvgIpc) is 2.85. The highest BCUT2D eigenvalue weighted by molar-refractivity contribution is 5.76. The summed E-state index contributed by atoms with van der Waals surface area (Å²) in [6, 6.07) is 7.44. The van der Waals surface area contributed by atoms with E-state index in [1.807, 2.05) is 36.9 Å². The largest absolute Gasteiger partial charge is 0.419 e. The number of carbonyl (C=O) groups excluding carboxylic acids is 1. The summed E-state index contributed by atoms with van der Waals surface area (Å²) in [4.78, 5) is 26.2. The van der Waals surface area contributed by atoms with Gasteiger partial charge in [0.15, 0.2) is 5.58 Å². The van der Waals surface area contributed by atoms with Crippen LogP contribution < -0.4 is 5.76 Å². The van der Waals surface area contributed by atoms with Gasteiger partial charge in [-0.15, -0.1) is 0 Å². The fourth-order valence-electron chi connectivity index (χ4n) is 3.01. The lowest BCUT2D eigenvalue weighted by Crippen LogP contribution is -2.50. The van der Waals surface area contributed by atoms with Crippen molar-refractivity contribution in [2.75, 3.05) is 13.2 Å². The zero-order chi connectivity index (χ0) is 16.4. The highest BCUT2D eigenvalue weighted by Crippen LogP contribution is 2.15. The van der Waals surface area contributed by atoms with Gasteiger partial charge in [-0.2, -0.15) is 0 Å². The summed E-state index contributed by atoms with van der Waals surface area (Å²) in [5, 5.41) is 0. The van der Waals surface area contributed by atoms with E-state index in [0.29, 0.717) is 38.1 Å². The first-order valence-corrected chi connectivity index (χ1v) is 8.05. The molecule has 2 unspecified atom stereocenters. The molecule has 23 heavy (non-hydrogen) atoms. The molecule has 0 bridgehead atoms. The van der Waals surface area contributed by atoms with Crippen molar-refractivity contribution < 1.29 is 13.9 Å². The smallest absolute Gasteiger partial charge is 0.408 e. The number of hydrogen-bond acceptors (Lipinski definition) is 4. The van der Waals surface area contributed by atoms with E-state index in [0.717, 1.165) is 5.52 Å². The van der Waals surface area contributed by atoms with Gasteiger partial charge in [0.1, 0.15) is 0 Å². The highest BCUT2D eigenvalue weighted by atomic mass is 16.5. The lowest BCUT2D eigenvalue weighted by atomic mass is 10.1. The Morgan fingerprint density at radius 2 is 2.09 bits per heavy atom. The van der Waals surface area contributed by atoms with Gasteiger partial charge in [0.05, 0.1) is 24.3 Å². The Morgan fingerprint density at radius 1 is 1.30 bits per heavy atom. The van der Waals surface area contributed by atoms with Crippen molar-refractivity contribution in [2.24, 2.45) is 0 Å². The molecule has 0 N–H and O–H groups in total. The number of aryl methyl sites for hydroxylation is 1. The number of aromatic nitrogens is 1. The maximum Gasteiger partial charge on any atom is 0.419 e. The number of benzene rings is 1. The Balaban J connectivity index is 1.61. The Labute approximate surface area is 134 Å². The first kappa shape index (κ1) is 15.8. The monoisotopic (exact) mass is 318 g/mol. The normalized spacial score (nSPS) is 21.7. The number of rotatable bonds is 4. The third kappa shape index (κ3) is 3.32. The highest BCUT2D eigenvalue weighted by Gasteiger charge is 2.27. The van der Waals surface area contributed by atoms with E-state index >= 15 is 0 Å². The second-order valence-corrected chi connectivity index (χ2v) is 6.13. The molecule has 6 nitrogen and oxygen atoms in total. The third-order valence-corrected chi connectivity index (χ3v) is 4.27. The maximum atomic E-state index is 12.4. The number of nitrogens with zero attached hydrogens (tertiary/aromatic N) is 2. The summed E-state index contributed by atoms with van der Waals surface area (Å²) < 4.78 is 12.3. The van der Waals surface area contributed by atoms with Crippen LogP contribution in [0.4, 0.5) is 0 Å². The summed E-state index contributed by atoms with van der Waals surface area (Å²) >= 11 is 0. The molecule has 2 atom stereocenters. The molecule has 1 aromatic heterocycles. The molecule has 2 heterocycles. The van der Waals surface area contributed by atoms with E-state index in [-0.39, 0.29) is 23.8 Å². The molecule has 1 amide bonds. The van der Waals surface area contributed by atoms with Gasteiger partial charge in [0.25, 0.3) is 0 Å². The van der Waals surface area contributed by atoms with Crippen LogP contribution in [0.5, 0.6) is 0 Å². The predicted molar refractivity (Wildman–Crippen MR) is 86.3 cm³/mol. The molecule has 1 fully saturated rings. The minimum absolute atomic E-state index is 0.0792. The van der Waals surface area contributed by atoms with Crippen LogP contribution in [0.2, 0.25) is 0 Å². The number of fused-ring (bicyclic) bond motifs is 1. The lowest BCUT2D eigenvalue weighted by Gasteiger charge is -2.36. The van der Waals surface area contributed by atoms with E-state index in [1.54, 1.807) is 10.6 Å². The molecule has 2 aromatic rings. The number of ether oxygens (including phenoxy) is 1. The van der Waals surface area contributed by atoms with E-state index in [1.165, 1.54) is 0 Å². The summed E-state index contributed by atoms with van der Waals surface area (Å²) in [6.45, 7) is 5.67. The molecular weight excluding hydrogens is 296 g/mol. The van der Waals surface area contributed by atoms with Crippen LogP contribution >= 0.6 is 0 Å². The predicted octanol–water partition coefficient (Wildman–Crippen LogP) is 2.01. The summed E-state index contributed by atoms with van der Waals surface area (Å²) in [7, 11) is 0. The summed E-state index contributed by atoms with van der Waals surface area (Å²) in [5.41, 5.74) is 1.36. The van der Waals surface area contributed by atoms with Gasteiger partial charge in [-0.3, -0.25) is 9.36 Å². The maximum absolute atomic E-state index is 12.4. The second-order valence-electron chi connectivity index (χ2n) is 6.13. The third-order valence-electron chi connectivity index (χ3n) is 4.27. The molecule has 0 spiro atoms. The molecule has 0 radical (unpaired) electrons. The van der Waals surface area contributed by atoms with E-state index in [4.69, 9.17) is 9.15 Å².